The molecule has 2 aliphatic rings. The highest BCUT2D eigenvalue weighted by molar-refractivity contribution is 5.81. The quantitative estimate of drug-likeness (QED) is 0.813. The summed E-state index contributed by atoms with van der Waals surface area (Å²) in [5.41, 5.74) is 0. The van der Waals surface area contributed by atoms with Crippen molar-refractivity contribution in [2.75, 3.05) is 19.6 Å². The van der Waals surface area contributed by atoms with Gasteiger partial charge in [-0.15, -0.1) is 0 Å². The zero-order valence-electron chi connectivity index (χ0n) is 12.1. The molecule has 110 valence electrons. The molecule has 1 unspecified atom stereocenters. The number of likely N-dealkylation sites (tertiary alicyclic amines) is 1. The molecule has 4 heteroatoms. The number of nitrogens with zero attached hydrogens (tertiary/aromatic N) is 1. The van der Waals surface area contributed by atoms with E-state index in [1.54, 1.807) is 0 Å². The fourth-order valence-corrected chi connectivity index (χ4v) is 3.17. The molecule has 1 amide bonds. The summed E-state index contributed by atoms with van der Waals surface area (Å²) in [5.74, 6) is 0.885. The molecule has 0 aromatic heterocycles. The van der Waals surface area contributed by atoms with Gasteiger partial charge in [0.1, 0.15) is 0 Å². The van der Waals surface area contributed by atoms with E-state index in [0.29, 0.717) is 5.92 Å². The molecule has 0 radical (unpaired) electrons. The van der Waals surface area contributed by atoms with Crippen molar-refractivity contribution in [3.05, 3.63) is 0 Å². The van der Waals surface area contributed by atoms with Crippen LogP contribution in [0.25, 0.3) is 0 Å². The van der Waals surface area contributed by atoms with Crippen molar-refractivity contribution in [2.45, 2.75) is 64.0 Å². The Balaban J connectivity index is 1.68. The van der Waals surface area contributed by atoms with Crippen LogP contribution in [0.15, 0.2) is 0 Å². The molecule has 1 saturated carbocycles. The normalized spacial score (nSPS) is 30.1. The maximum Gasteiger partial charge on any atom is 0.239 e. The second kappa shape index (κ2) is 7.25. The van der Waals surface area contributed by atoms with E-state index in [4.69, 9.17) is 0 Å². The lowest BCUT2D eigenvalue weighted by Gasteiger charge is -2.31. The predicted octanol–water partition coefficient (Wildman–Crippen LogP) is 1.53. The number of hydrogen-bond acceptors (Lipinski definition) is 3. The predicted molar refractivity (Wildman–Crippen MR) is 75.9 cm³/mol. The van der Waals surface area contributed by atoms with Gasteiger partial charge in [0.15, 0.2) is 0 Å². The lowest BCUT2D eigenvalue weighted by Crippen LogP contribution is -2.48. The molecule has 1 aliphatic carbocycles. The van der Waals surface area contributed by atoms with Crippen LogP contribution in [-0.2, 0) is 4.79 Å². The van der Waals surface area contributed by atoms with Crippen LogP contribution >= 0.6 is 0 Å². The molecule has 2 rings (SSSR count). The van der Waals surface area contributed by atoms with Gasteiger partial charge in [-0.3, -0.25) is 4.79 Å². The van der Waals surface area contributed by atoms with Gasteiger partial charge in [-0.25, -0.2) is 0 Å². The highest BCUT2D eigenvalue weighted by atomic mass is 16.3. The molecular weight excluding hydrogens is 240 g/mol. The average Bonchev–Trinajstić information content (AvgIpc) is 2.46. The number of aliphatic hydroxyl groups excluding tert-OH is 1. The van der Waals surface area contributed by atoms with Crippen LogP contribution in [-0.4, -0.2) is 47.7 Å². The molecule has 19 heavy (non-hydrogen) atoms. The Morgan fingerprint density at radius 1 is 1.21 bits per heavy atom. The largest absolute Gasteiger partial charge is 0.393 e. The van der Waals surface area contributed by atoms with Crippen molar-refractivity contribution in [2.24, 2.45) is 5.92 Å². The van der Waals surface area contributed by atoms with Gasteiger partial charge >= 0.3 is 0 Å². The number of rotatable bonds is 4. The summed E-state index contributed by atoms with van der Waals surface area (Å²) in [7, 11) is 0. The third-order valence-corrected chi connectivity index (χ3v) is 4.57. The Kier molecular flexibility index (Phi) is 5.64. The van der Waals surface area contributed by atoms with Crippen LogP contribution in [0.3, 0.4) is 0 Å². The topological polar surface area (TPSA) is 52.6 Å². The molecule has 1 heterocycles. The van der Waals surface area contributed by atoms with Gasteiger partial charge in [0.05, 0.1) is 12.1 Å². The monoisotopic (exact) mass is 268 g/mol. The molecule has 4 nitrogen and oxygen atoms in total. The van der Waals surface area contributed by atoms with Crippen LogP contribution in [0.4, 0.5) is 0 Å². The first-order valence-corrected chi connectivity index (χ1v) is 7.87. The molecule has 0 bridgehead atoms. The molecule has 1 saturated heterocycles. The van der Waals surface area contributed by atoms with Crippen LogP contribution < -0.4 is 5.32 Å². The van der Waals surface area contributed by atoms with Gasteiger partial charge in [-0.05, 0) is 64.3 Å². The Hall–Kier alpha value is -0.610. The molecule has 1 aliphatic heterocycles. The second-order valence-corrected chi connectivity index (χ2v) is 6.19. The zero-order valence-corrected chi connectivity index (χ0v) is 12.1. The Bertz CT molecular complexity index is 282. The van der Waals surface area contributed by atoms with Crippen molar-refractivity contribution in [3.8, 4) is 0 Å². The summed E-state index contributed by atoms with van der Waals surface area (Å²) in [6.07, 6.45) is 7.47. The van der Waals surface area contributed by atoms with E-state index in [9.17, 15) is 9.90 Å². The van der Waals surface area contributed by atoms with E-state index in [2.05, 4.69) is 5.32 Å². The summed E-state index contributed by atoms with van der Waals surface area (Å²) in [4.78, 5) is 14.3. The molecule has 1 atom stereocenters. The highest BCUT2D eigenvalue weighted by Crippen LogP contribution is 2.23. The van der Waals surface area contributed by atoms with Gasteiger partial charge in [0.2, 0.25) is 5.91 Å². The van der Waals surface area contributed by atoms with Crippen molar-refractivity contribution in [1.29, 1.82) is 0 Å². The lowest BCUT2D eigenvalue weighted by molar-refractivity contribution is -0.134. The Morgan fingerprint density at radius 3 is 2.47 bits per heavy atom. The standard InChI is InChI=1S/C15H28N2O2/c1-12(15(19)17-9-3-2-4-10-17)16-11-13-5-7-14(18)8-6-13/h12-14,16,18H,2-11H2,1H3. The SMILES string of the molecule is CC(NCC1CCC(O)CC1)C(=O)N1CCCCC1. The fraction of sp³-hybridized carbons (Fsp3) is 0.933. The molecule has 2 N–H and O–H groups in total. The number of carbonyl (C=O) groups excluding carboxylic acids is 1. The minimum absolute atomic E-state index is 0.0649. The number of hydrogen-bond donors (Lipinski definition) is 2. The van der Waals surface area contributed by atoms with E-state index in [-0.39, 0.29) is 18.1 Å². The summed E-state index contributed by atoms with van der Waals surface area (Å²) in [6.45, 7) is 4.75. The third kappa shape index (κ3) is 4.46. The number of piperidine rings is 1. The van der Waals surface area contributed by atoms with Gasteiger partial charge in [0.25, 0.3) is 0 Å². The van der Waals surface area contributed by atoms with E-state index in [0.717, 1.165) is 58.2 Å². The van der Waals surface area contributed by atoms with Crippen LogP contribution in [0, 0.1) is 5.92 Å². The summed E-state index contributed by atoms with van der Waals surface area (Å²) < 4.78 is 0. The first-order chi connectivity index (χ1) is 9.16. The average molecular weight is 268 g/mol. The number of nitrogens with one attached hydrogen (secondary N) is 1. The fourth-order valence-electron chi connectivity index (χ4n) is 3.17. The van der Waals surface area contributed by atoms with Gasteiger partial charge < -0.3 is 15.3 Å². The van der Waals surface area contributed by atoms with Gasteiger partial charge in [0, 0.05) is 13.1 Å². The van der Waals surface area contributed by atoms with Crippen LogP contribution in [0.2, 0.25) is 0 Å². The number of carbonyl (C=O) groups is 1. The molecule has 0 aromatic rings. The maximum atomic E-state index is 12.2. The third-order valence-electron chi connectivity index (χ3n) is 4.57. The Labute approximate surface area is 116 Å². The minimum Gasteiger partial charge on any atom is -0.393 e. The summed E-state index contributed by atoms with van der Waals surface area (Å²) >= 11 is 0. The molecule has 0 aromatic carbocycles. The summed E-state index contributed by atoms with van der Waals surface area (Å²) in [5, 5.41) is 12.9. The zero-order chi connectivity index (χ0) is 13.7. The number of amides is 1. The van der Waals surface area contributed by atoms with E-state index >= 15 is 0 Å². The van der Waals surface area contributed by atoms with E-state index < -0.39 is 0 Å². The van der Waals surface area contributed by atoms with E-state index in [1.165, 1.54) is 6.42 Å². The minimum atomic E-state index is -0.0938. The lowest BCUT2D eigenvalue weighted by atomic mass is 9.87. The maximum absolute atomic E-state index is 12.2. The number of aliphatic hydroxyl groups is 1. The molecule has 2 fully saturated rings. The van der Waals surface area contributed by atoms with Crippen molar-refractivity contribution in [3.63, 3.8) is 0 Å². The van der Waals surface area contributed by atoms with Gasteiger partial charge in [-0.2, -0.15) is 0 Å². The van der Waals surface area contributed by atoms with Crippen molar-refractivity contribution >= 4 is 5.91 Å². The van der Waals surface area contributed by atoms with Crippen molar-refractivity contribution < 1.29 is 9.90 Å². The molecule has 0 spiro atoms. The first kappa shape index (κ1) is 14.8. The van der Waals surface area contributed by atoms with Gasteiger partial charge in [-0.1, -0.05) is 0 Å². The van der Waals surface area contributed by atoms with Crippen molar-refractivity contribution in [1.82, 2.24) is 10.2 Å². The summed E-state index contributed by atoms with van der Waals surface area (Å²) in [6, 6.07) is -0.0649. The highest BCUT2D eigenvalue weighted by Gasteiger charge is 2.24. The second-order valence-electron chi connectivity index (χ2n) is 6.19. The smallest absolute Gasteiger partial charge is 0.239 e. The van der Waals surface area contributed by atoms with Crippen LogP contribution in [0.5, 0.6) is 0 Å². The first-order valence-electron chi connectivity index (χ1n) is 7.87. The Morgan fingerprint density at radius 2 is 1.84 bits per heavy atom. The van der Waals surface area contributed by atoms with E-state index in [1.807, 2.05) is 11.8 Å². The van der Waals surface area contributed by atoms with Crippen LogP contribution in [0.1, 0.15) is 51.9 Å². The molecular formula is C15H28N2O2.